The minimum atomic E-state index is -0.171. The Kier molecular flexibility index (Phi) is 5.43. The molecule has 0 unspecified atom stereocenters. The standard InChI is InChI=1S/C19H18ClN3O3/c1-21-19(24)13-6-7-16(25-2)15(9-13)22-11-18-23-10-17(26-18)12-4-3-5-14(20)8-12/h3-10,22H,11H2,1-2H3,(H,21,24). The Morgan fingerprint density at radius 2 is 2.12 bits per heavy atom. The van der Waals surface area contributed by atoms with Crippen molar-refractivity contribution in [3.05, 3.63) is 65.1 Å². The molecule has 0 aliphatic carbocycles. The van der Waals surface area contributed by atoms with Crippen LogP contribution in [0.5, 0.6) is 5.75 Å². The second-order valence-corrected chi connectivity index (χ2v) is 5.91. The number of anilines is 1. The van der Waals surface area contributed by atoms with E-state index in [-0.39, 0.29) is 5.91 Å². The van der Waals surface area contributed by atoms with Gasteiger partial charge in [0.15, 0.2) is 5.76 Å². The predicted molar refractivity (Wildman–Crippen MR) is 101 cm³/mol. The molecule has 1 amide bonds. The summed E-state index contributed by atoms with van der Waals surface area (Å²) in [4.78, 5) is 16.1. The van der Waals surface area contributed by atoms with E-state index >= 15 is 0 Å². The van der Waals surface area contributed by atoms with E-state index in [1.165, 1.54) is 0 Å². The minimum Gasteiger partial charge on any atom is -0.495 e. The topological polar surface area (TPSA) is 76.4 Å². The van der Waals surface area contributed by atoms with Crippen molar-refractivity contribution in [2.24, 2.45) is 0 Å². The highest BCUT2D eigenvalue weighted by Gasteiger charge is 2.11. The van der Waals surface area contributed by atoms with Crippen molar-refractivity contribution in [1.82, 2.24) is 10.3 Å². The van der Waals surface area contributed by atoms with E-state index in [2.05, 4.69) is 15.6 Å². The van der Waals surface area contributed by atoms with Crippen molar-refractivity contribution in [2.75, 3.05) is 19.5 Å². The normalized spacial score (nSPS) is 10.4. The summed E-state index contributed by atoms with van der Waals surface area (Å²) in [5.41, 5.74) is 2.06. The number of nitrogens with zero attached hydrogens (tertiary/aromatic N) is 1. The van der Waals surface area contributed by atoms with Crippen LogP contribution in [0, 0.1) is 0 Å². The lowest BCUT2D eigenvalue weighted by Gasteiger charge is -2.11. The highest BCUT2D eigenvalue weighted by molar-refractivity contribution is 6.30. The van der Waals surface area contributed by atoms with Crippen molar-refractivity contribution < 1.29 is 13.9 Å². The maximum absolute atomic E-state index is 11.8. The molecule has 26 heavy (non-hydrogen) atoms. The zero-order chi connectivity index (χ0) is 18.5. The van der Waals surface area contributed by atoms with Gasteiger partial charge in [0.2, 0.25) is 5.89 Å². The van der Waals surface area contributed by atoms with Crippen molar-refractivity contribution in [2.45, 2.75) is 6.54 Å². The molecule has 2 aromatic carbocycles. The largest absolute Gasteiger partial charge is 0.495 e. The molecule has 0 saturated carbocycles. The highest BCUT2D eigenvalue weighted by Crippen LogP contribution is 2.27. The number of ether oxygens (including phenoxy) is 1. The van der Waals surface area contributed by atoms with Crippen LogP contribution in [0.25, 0.3) is 11.3 Å². The van der Waals surface area contributed by atoms with Gasteiger partial charge in [-0.1, -0.05) is 23.7 Å². The minimum absolute atomic E-state index is 0.171. The molecule has 0 spiro atoms. The lowest BCUT2D eigenvalue weighted by molar-refractivity contribution is 0.0963. The van der Waals surface area contributed by atoms with E-state index in [9.17, 15) is 4.79 Å². The predicted octanol–water partition coefficient (Wildman–Crippen LogP) is 3.98. The Morgan fingerprint density at radius 3 is 2.85 bits per heavy atom. The summed E-state index contributed by atoms with van der Waals surface area (Å²) < 4.78 is 11.1. The average molecular weight is 372 g/mol. The van der Waals surface area contributed by atoms with E-state index in [0.29, 0.717) is 40.2 Å². The summed E-state index contributed by atoms with van der Waals surface area (Å²) in [7, 11) is 3.16. The summed E-state index contributed by atoms with van der Waals surface area (Å²) in [6, 6.07) is 12.5. The molecule has 0 saturated heterocycles. The number of halogens is 1. The third-order valence-electron chi connectivity index (χ3n) is 3.78. The summed E-state index contributed by atoms with van der Waals surface area (Å²) >= 11 is 6.01. The highest BCUT2D eigenvalue weighted by atomic mass is 35.5. The van der Waals surface area contributed by atoms with Gasteiger partial charge in [0.25, 0.3) is 5.91 Å². The van der Waals surface area contributed by atoms with Gasteiger partial charge >= 0.3 is 0 Å². The average Bonchev–Trinajstić information content (AvgIpc) is 3.14. The Hall–Kier alpha value is -2.99. The summed E-state index contributed by atoms with van der Waals surface area (Å²) in [6.45, 7) is 0.341. The molecule has 1 heterocycles. The number of hydrogen-bond acceptors (Lipinski definition) is 5. The number of carbonyl (C=O) groups is 1. The molecule has 1 aromatic heterocycles. The second-order valence-electron chi connectivity index (χ2n) is 5.48. The molecule has 3 aromatic rings. The molecular formula is C19H18ClN3O3. The van der Waals surface area contributed by atoms with Crippen LogP contribution in [0.1, 0.15) is 16.2 Å². The maximum Gasteiger partial charge on any atom is 0.251 e. The van der Waals surface area contributed by atoms with Crippen LogP contribution in [-0.2, 0) is 6.54 Å². The lowest BCUT2D eigenvalue weighted by Crippen LogP contribution is -2.18. The Bertz CT molecular complexity index is 924. The fourth-order valence-corrected chi connectivity index (χ4v) is 2.66. The Balaban J connectivity index is 1.76. The number of carbonyl (C=O) groups excluding carboxylic acids is 1. The first kappa shape index (κ1) is 17.8. The molecule has 0 atom stereocenters. The first-order valence-electron chi connectivity index (χ1n) is 7.95. The lowest BCUT2D eigenvalue weighted by atomic mass is 10.1. The van der Waals surface area contributed by atoms with Gasteiger partial charge in [-0.2, -0.15) is 0 Å². The van der Waals surface area contributed by atoms with Crippen LogP contribution >= 0.6 is 11.6 Å². The van der Waals surface area contributed by atoms with Crippen molar-refractivity contribution in [3.63, 3.8) is 0 Å². The van der Waals surface area contributed by atoms with E-state index in [0.717, 1.165) is 5.56 Å². The molecule has 0 fully saturated rings. The first-order chi connectivity index (χ1) is 12.6. The number of rotatable bonds is 6. The Labute approximate surface area is 156 Å². The van der Waals surface area contributed by atoms with Crippen molar-refractivity contribution >= 4 is 23.2 Å². The van der Waals surface area contributed by atoms with Crippen LogP contribution in [0.15, 0.2) is 53.1 Å². The first-order valence-corrected chi connectivity index (χ1v) is 8.33. The third kappa shape index (κ3) is 3.97. The monoisotopic (exact) mass is 371 g/mol. The molecule has 0 aliphatic heterocycles. The van der Waals surface area contributed by atoms with Gasteiger partial charge in [-0.05, 0) is 30.3 Å². The fraction of sp³-hybridized carbons (Fsp3) is 0.158. The number of aromatic nitrogens is 1. The van der Waals surface area contributed by atoms with Gasteiger partial charge in [-0.15, -0.1) is 0 Å². The van der Waals surface area contributed by atoms with E-state index in [1.54, 1.807) is 44.6 Å². The van der Waals surface area contributed by atoms with E-state index < -0.39 is 0 Å². The SMILES string of the molecule is CNC(=O)c1ccc(OC)c(NCc2ncc(-c3cccc(Cl)c3)o2)c1. The maximum atomic E-state index is 11.8. The summed E-state index contributed by atoms with van der Waals surface area (Å²) in [5.74, 6) is 1.59. The van der Waals surface area contributed by atoms with Crippen molar-refractivity contribution in [1.29, 1.82) is 0 Å². The van der Waals surface area contributed by atoms with Crippen LogP contribution in [0.4, 0.5) is 5.69 Å². The molecule has 0 radical (unpaired) electrons. The van der Waals surface area contributed by atoms with E-state index in [4.69, 9.17) is 20.8 Å². The molecule has 2 N–H and O–H groups in total. The number of oxazole rings is 1. The number of benzene rings is 2. The number of methoxy groups -OCH3 is 1. The quantitative estimate of drug-likeness (QED) is 0.685. The van der Waals surface area contributed by atoms with E-state index in [1.807, 2.05) is 18.2 Å². The molecular weight excluding hydrogens is 354 g/mol. The Morgan fingerprint density at radius 1 is 1.27 bits per heavy atom. The van der Waals surface area contributed by atoms with Gasteiger partial charge < -0.3 is 19.8 Å². The molecule has 3 rings (SSSR count). The molecule has 134 valence electrons. The zero-order valence-corrected chi connectivity index (χ0v) is 15.1. The van der Waals surface area contributed by atoms with Crippen LogP contribution in [-0.4, -0.2) is 25.0 Å². The second kappa shape index (κ2) is 7.93. The van der Waals surface area contributed by atoms with Crippen LogP contribution < -0.4 is 15.4 Å². The van der Waals surface area contributed by atoms with Crippen LogP contribution in [0.2, 0.25) is 5.02 Å². The molecule has 0 aliphatic rings. The summed E-state index contributed by atoms with van der Waals surface area (Å²) in [6.07, 6.45) is 1.65. The van der Waals surface area contributed by atoms with Gasteiger partial charge in [-0.3, -0.25) is 4.79 Å². The molecule has 6 nitrogen and oxygen atoms in total. The number of nitrogens with one attached hydrogen (secondary N) is 2. The zero-order valence-electron chi connectivity index (χ0n) is 14.4. The van der Waals surface area contributed by atoms with Crippen molar-refractivity contribution in [3.8, 4) is 17.1 Å². The fourth-order valence-electron chi connectivity index (χ4n) is 2.47. The summed E-state index contributed by atoms with van der Waals surface area (Å²) in [5, 5.41) is 6.42. The van der Waals surface area contributed by atoms with Crippen LogP contribution in [0.3, 0.4) is 0 Å². The molecule has 7 heteroatoms. The van der Waals surface area contributed by atoms with Gasteiger partial charge in [0, 0.05) is 23.2 Å². The van der Waals surface area contributed by atoms with Gasteiger partial charge in [-0.25, -0.2) is 4.98 Å². The third-order valence-corrected chi connectivity index (χ3v) is 4.02. The number of amides is 1. The smallest absolute Gasteiger partial charge is 0.251 e. The van der Waals surface area contributed by atoms with Gasteiger partial charge in [0.1, 0.15) is 5.75 Å². The van der Waals surface area contributed by atoms with Gasteiger partial charge in [0.05, 0.1) is 25.5 Å². The molecule has 0 bridgehead atoms. The number of hydrogen-bond donors (Lipinski definition) is 2.